The molecule has 5 heteroatoms. The molecule has 0 aliphatic carbocycles. The Morgan fingerprint density at radius 1 is 1.20 bits per heavy atom. The van der Waals surface area contributed by atoms with E-state index in [4.69, 9.17) is 16.3 Å². The monoisotopic (exact) mass is 377 g/mol. The minimum Gasteiger partial charge on any atom is -0.481 e. The van der Waals surface area contributed by atoms with Crippen LogP contribution in [0, 0.1) is 13.8 Å². The number of thioether (sulfide) groups is 1. The molecular weight excluding hydrogens is 354 g/mol. The van der Waals surface area contributed by atoms with Crippen molar-refractivity contribution in [2.24, 2.45) is 0 Å². The zero-order chi connectivity index (χ0) is 18.2. The van der Waals surface area contributed by atoms with Gasteiger partial charge >= 0.3 is 0 Å². The molecule has 0 saturated carbocycles. The average Bonchev–Trinajstić information content (AvgIpc) is 2.57. The highest BCUT2D eigenvalue weighted by Gasteiger charge is 2.14. The SMILES string of the molecule is Cc1ccc(O[C@@H](C)C(=O)NCCSCc2cccc(Cl)c2)cc1C. The average molecular weight is 378 g/mol. The summed E-state index contributed by atoms with van der Waals surface area (Å²) < 4.78 is 5.72. The van der Waals surface area contributed by atoms with Crippen LogP contribution in [0.3, 0.4) is 0 Å². The number of benzene rings is 2. The first-order valence-corrected chi connectivity index (χ1v) is 9.83. The van der Waals surface area contributed by atoms with Crippen molar-refractivity contribution in [3.05, 3.63) is 64.2 Å². The first-order chi connectivity index (χ1) is 12.0. The van der Waals surface area contributed by atoms with Crippen LogP contribution in [0.1, 0.15) is 23.6 Å². The van der Waals surface area contributed by atoms with E-state index < -0.39 is 6.10 Å². The van der Waals surface area contributed by atoms with Gasteiger partial charge in [0, 0.05) is 23.1 Å². The topological polar surface area (TPSA) is 38.3 Å². The maximum atomic E-state index is 12.1. The van der Waals surface area contributed by atoms with Gasteiger partial charge in [0.1, 0.15) is 5.75 Å². The van der Waals surface area contributed by atoms with Crippen LogP contribution in [0.5, 0.6) is 5.75 Å². The first kappa shape index (κ1) is 19.7. The Labute approximate surface area is 159 Å². The fourth-order valence-corrected chi connectivity index (χ4v) is 3.27. The molecule has 0 unspecified atom stereocenters. The van der Waals surface area contributed by atoms with E-state index in [1.807, 2.05) is 43.3 Å². The maximum absolute atomic E-state index is 12.1. The van der Waals surface area contributed by atoms with Gasteiger partial charge in [0.2, 0.25) is 0 Å². The predicted molar refractivity (Wildman–Crippen MR) is 107 cm³/mol. The quantitative estimate of drug-likeness (QED) is 0.673. The van der Waals surface area contributed by atoms with Gasteiger partial charge in [-0.3, -0.25) is 4.79 Å². The van der Waals surface area contributed by atoms with Gasteiger partial charge in [0.25, 0.3) is 5.91 Å². The van der Waals surface area contributed by atoms with E-state index in [2.05, 4.69) is 18.3 Å². The summed E-state index contributed by atoms with van der Waals surface area (Å²) in [5.41, 5.74) is 3.55. The second-order valence-electron chi connectivity index (χ2n) is 5.98. The zero-order valence-electron chi connectivity index (χ0n) is 14.8. The van der Waals surface area contributed by atoms with Crippen molar-refractivity contribution < 1.29 is 9.53 Å². The Bertz CT molecular complexity index is 721. The standard InChI is InChI=1S/C20H24ClNO2S/c1-14-7-8-19(11-15(14)2)24-16(3)20(23)22-9-10-25-13-17-5-4-6-18(21)12-17/h4-8,11-12,16H,9-10,13H2,1-3H3,(H,22,23)/t16-/m0/s1. The molecule has 0 radical (unpaired) electrons. The van der Waals surface area contributed by atoms with Crippen LogP contribution in [0.15, 0.2) is 42.5 Å². The summed E-state index contributed by atoms with van der Waals surface area (Å²) in [5.74, 6) is 2.35. The molecule has 3 nitrogen and oxygen atoms in total. The number of carbonyl (C=O) groups is 1. The summed E-state index contributed by atoms with van der Waals surface area (Å²) in [6.45, 7) is 6.47. The van der Waals surface area contributed by atoms with Crippen LogP contribution in [-0.4, -0.2) is 24.3 Å². The van der Waals surface area contributed by atoms with Crippen molar-refractivity contribution in [2.45, 2.75) is 32.6 Å². The fraction of sp³-hybridized carbons (Fsp3) is 0.350. The largest absolute Gasteiger partial charge is 0.481 e. The Morgan fingerprint density at radius 2 is 2.00 bits per heavy atom. The summed E-state index contributed by atoms with van der Waals surface area (Å²) in [7, 11) is 0. The molecule has 1 atom stereocenters. The highest BCUT2D eigenvalue weighted by Crippen LogP contribution is 2.18. The van der Waals surface area contributed by atoms with Gasteiger partial charge in [-0.2, -0.15) is 11.8 Å². The molecule has 0 aliphatic heterocycles. The first-order valence-electron chi connectivity index (χ1n) is 8.29. The van der Waals surface area contributed by atoms with Crippen molar-refractivity contribution in [2.75, 3.05) is 12.3 Å². The van der Waals surface area contributed by atoms with Crippen molar-refractivity contribution in [1.29, 1.82) is 0 Å². The van der Waals surface area contributed by atoms with Crippen LogP contribution >= 0.6 is 23.4 Å². The molecule has 0 fully saturated rings. The Hall–Kier alpha value is -1.65. The van der Waals surface area contributed by atoms with Gasteiger partial charge in [-0.1, -0.05) is 29.8 Å². The lowest BCUT2D eigenvalue weighted by Gasteiger charge is -2.15. The summed E-state index contributed by atoms with van der Waals surface area (Å²) >= 11 is 7.73. The van der Waals surface area contributed by atoms with E-state index in [0.717, 1.165) is 27.8 Å². The third kappa shape index (κ3) is 6.63. The molecule has 25 heavy (non-hydrogen) atoms. The van der Waals surface area contributed by atoms with Gasteiger partial charge in [0.15, 0.2) is 6.10 Å². The second-order valence-corrected chi connectivity index (χ2v) is 7.52. The maximum Gasteiger partial charge on any atom is 0.260 e. The lowest BCUT2D eigenvalue weighted by molar-refractivity contribution is -0.127. The van der Waals surface area contributed by atoms with Crippen LogP contribution in [0.25, 0.3) is 0 Å². The number of amides is 1. The highest BCUT2D eigenvalue weighted by molar-refractivity contribution is 7.98. The number of rotatable bonds is 8. The molecule has 0 aromatic heterocycles. The second kappa shape index (κ2) is 9.73. The van der Waals surface area contributed by atoms with Crippen molar-refractivity contribution in [3.63, 3.8) is 0 Å². The Kier molecular flexibility index (Phi) is 7.66. The molecule has 0 spiro atoms. The fourth-order valence-electron chi connectivity index (χ4n) is 2.25. The van der Waals surface area contributed by atoms with E-state index in [-0.39, 0.29) is 5.91 Å². The number of aryl methyl sites for hydroxylation is 2. The molecule has 134 valence electrons. The Balaban J connectivity index is 1.68. The number of ether oxygens (including phenoxy) is 1. The number of halogens is 1. The minimum atomic E-state index is -0.514. The molecule has 0 saturated heterocycles. The van der Waals surface area contributed by atoms with Gasteiger partial charge < -0.3 is 10.1 Å². The van der Waals surface area contributed by atoms with Gasteiger partial charge in [-0.05, 0) is 61.7 Å². The third-order valence-corrected chi connectivity index (χ3v) is 5.13. The van der Waals surface area contributed by atoms with E-state index >= 15 is 0 Å². The number of hydrogen-bond donors (Lipinski definition) is 1. The van der Waals surface area contributed by atoms with Crippen molar-refractivity contribution in [1.82, 2.24) is 5.32 Å². The summed E-state index contributed by atoms with van der Waals surface area (Å²) in [4.78, 5) is 12.1. The van der Waals surface area contributed by atoms with Crippen LogP contribution in [0.4, 0.5) is 0 Å². The molecule has 2 aromatic rings. The molecule has 2 aromatic carbocycles. The summed E-state index contributed by atoms with van der Waals surface area (Å²) in [6, 6.07) is 13.7. The molecule has 0 heterocycles. The summed E-state index contributed by atoms with van der Waals surface area (Å²) in [6.07, 6.45) is -0.514. The number of nitrogens with one attached hydrogen (secondary N) is 1. The lowest BCUT2D eigenvalue weighted by Crippen LogP contribution is -2.37. The van der Waals surface area contributed by atoms with E-state index in [1.54, 1.807) is 18.7 Å². The van der Waals surface area contributed by atoms with Gasteiger partial charge in [-0.15, -0.1) is 0 Å². The zero-order valence-corrected chi connectivity index (χ0v) is 16.4. The van der Waals surface area contributed by atoms with Gasteiger partial charge in [0.05, 0.1) is 0 Å². The minimum absolute atomic E-state index is 0.0958. The number of carbonyl (C=O) groups excluding carboxylic acids is 1. The van der Waals surface area contributed by atoms with E-state index in [0.29, 0.717) is 6.54 Å². The molecule has 2 rings (SSSR count). The lowest BCUT2D eigenvalue weighted by atomic mass is 10.1. The predicted octanol–water partition coefficient (Wildman–Crippen LogP) is 4.77. The molecule has 1 amide bonds. The highest BCUT2D eigenvalue weighted by atomic mass is 35.5. The van der Waals surface area contributed by atoms with Crippen molar-refractivity contribution >= 4 is 29.3 Å². The van der Waals surface area contributed by atoms with Crippen molar-refractivity contribution in [3.8, 4) is 5.75 Å². The normalized spacial score (nSPS) is 11.8. The Morgan fingerprint density at radius 3 is 2.72 bits per heavy atom. The summed E-state index contributed by atoms with van der Waals surface area (Å²) in [5, 5.41) is 3.67. The molecular formula is C20H24ClNO2S. The number of hydrogen-bond acceptors (Lipinski definition) is 3. The molecule has 0 aliphatic rings. The van der Waals surface area contributed by atoms with E-state index in [1.165, 1.54) is 11.1 Å². The van der Waals surface area contributed by atoms with Crippen LogP contribution < -0.4 is 10.1 Å². The molecule has 1 N–H and O–H groups in total. The van der Waals surface area contributed by atoms with Gasteiger partial charge in [-0.25, -0.2) is 0 Å². The third-order valence-electron chi connectivity index (χ3n) is 3.86. The molecule has 0 bridgehead atoms. The smallest absolute Gasteiger partial charge is 0.260 e. The van der Waals surface area contributed by atoms with Crippen LogP contribution in [-0.2, 0) is 10.5 Å². The van der Waals surface area contributed by atoms with E-state index in [9.17, 15) is 4.79 Å². The van der Waals surface area contributed by atoms with Crippen LogP contribution in [0.2, 0.25) is 5.02 Å².